The number of carbonyl (C=O) groups is 2. The number of rotatable bonds is 7. The molecular weight excluding hydrogens is 507 g/mol. The van der Waals surface area contributed by atoms with Crippen LogP contribution in [0.25, 0.3) is 0 Å². The summed E-state index contributed by atoms with van der Waals surface area (Å²) in [7, 11) is 0. The summed E-state index contributed by atoms with van der Waals surface area (Å²) in [6.07, 6.45) is 4.93. The minimum Gasteiger partial charge on any atom is -0.466 e. The maximum Gasteiger partial charge on any atom is 0.310 e. The molecule has 0 bridgehead atoms. The molecule has 0 aromatic heterocycles. The lowest BCUT2D eigenvalue weighted by Gasteiger charge is -2.34. The summed E-state index contributed by atoms with van der Waals surface area (Å²) >= 11 is 0. The molecule has 1 heterocycles. The second-order valence-corrected chi connectivity index (χ2v) is 8.02. The Morgan fingerprint density at radius 3 is 2.61 bits per heavy atom. The maximum absolute atomic E-state index is 12.2. The van der Waals surface area contributed by atoms with Crippen LogP contribution in [0.15, 0.2) is 29.3 Å². The summed E-state index contributed by atoms with van der Waals surface area (Å²) in [5.41, 5.74) is 1.86. The number of nitrogens with one attached hydrogen (secondary N) is 2. The van der Waals surface area contributed by atoms with Gasteiger partial charge in [-0.2, -0.15) is 0 Å². The molecule has 7 nitrogen and oxygen atoms in total. The summed E-state index contributed by atoms with van der Waals surface area (Å²) in [5, 5.41) is 6.37. The van der Waals surface area contributed by atoms with Crippen molar-refractivity contribution in [1.82, 2.24) is 10.2 Å². The lowest BCUT2D eigenvalue weighted by atomic mass is 9.85. The molecule has 1 aliphatic heterocycles. The van der Waals surface area contributed by atoms with Crippen molar-refractivity contribution in [3.63, 3.8) is 0 Å². The van der Waals surface area contributed by atoms with Crippen molar-refractivity contribution in [2.75, 3.05) is 31.6 Å². The van der Waals surface area contributed by atoms with Gasteiger partial charge in [0, 0.05) is 31.2 Å². The van der Waals surface area contributed by atoms with E-state index in [-0.39, 0.29) is 47.7 Å². The smallest absolute Gasteiger partial charge is 0.310 e. The Hall–Kier alpha value is -1.84. The number of esters is 1. The summed E-state index contributed by atoms with van der Waals surface area (Å²) in [5.74, 6) is 0.878. The van der Waals surface area contributed by atoms with E-state index in [0.717, 1.165) is 62.4 Å². The highest BCUT2D eigenvalue weighted by atomic mass is 127. The number of hydrogen-bond acceptors (Lipinski definition) is 4. The fourth-order valence-corrected chi connectivity index (χ4v) is 3.88. The number of piperidine rings is 1. The molecule has 1 aromatic carbocycles. The van der Waals surface area contributed by atoms with E-state index >= 15 is 0 Å². The number of carbonyl (C=O) groups excluding carboxylic acids is 2. The third kappa shape index (κ3) is 7.36. The first-order chi connectivity index (χ1) is 14.6. The van der Waals surface area contributed by atoms with Gasteiger partial charge in [-0.25, -0.2) is 4.99 Å². The van der Waals surface area contributed by atoms with Crippen molar-refractivity contribution in [3.05, 3.63) is 29.8 Å². The van der Waals surface area contributed by atoms with E-state index in [1.807, 2.05) is 38.1 Å². The van der Waals surface area contributed by atoms with Crippen LogP contribution >= 0.6 is 24.0 Å². The molecular formula is C23H35IN4O3. The predicted molar refractivity (Wildman–Crippen MR) is 134 cm³/mol. The van der Waals surface area contributed by atoms with Crippen LogP contribution in [0.4, 0.5) is 5.69 Å². The zero-order valence-corrected chi connectivity index (χ0v) is 20.9. The van der Waals surface area contributed by atoms with Gasteiger partial charge in [0.05, 0.1) is 19.1 Å². The van der Waals surface area contributed by atoms with Gasteiger partial charge in [-0.3, -0.25) is 9.59 Å². The highest BCUT2D eigenvalue weighted by Gasteiger charge is 2.28. The molecule has 2 N–H and O–H groups in total. The van der Waals surface area contributed by atoms with Gasteiger partial charge in [0.2, 0.25) is 5.91 Å². The van der Waals surface area contributed by atoms with E-state index < -0.39 is 0 Å². The van der Waals surface area contributed by atoms with E-state index in [0.29, 0.717) is 19.7 Å². The second kappa shape index (κ2) is 12.9. The first kappa shape index (κ1) is 25.4. The number of nitrogens with zero attached hydrogens (tertiary/aromatic N) is 2. The highest BCUT2D eigenvalue weighted by molar-refractivity contribution is 14.0. The molecule has 0 spiro atoms. The topological polar surface area (TPSA) is 83.0 Å². The van der Waals surface area contributed by atoms with Gasteiger partial charge < -0.3 is 20.3 Å². The van der Waals surface area contributed by atoms with Crippen molar-refractivity contribution < 1.29 is 14.3 Å². The summed E-state index contributed by atoms with van der Waals surface area (Å²) in [4.78, 5) is 31.3. The Labute approximate surface area is 202 Å². The largest absolute Gasteiger partial charge is 0.466 e. The third-order valence-corrected chi connectivity index (χ3v) is 5.76. The number of hydrogen-bond donors (Lipinski definition) is 2. The van der Waals surface area contributed by atoms with Gasteiger partial charge in [-0.15, -0.1) is 24.0 Å². The van der Waals surface area contributed by atoms with Crippen molar-refractivity contribution in [2.24, 2.45) is 16.8 Å². The normalized spacial score (nSPS) is 19.1. The fourth-order valence-electron chi connectivity index (χ4n) is 3.88. The van der Waals surface area contributed by atoms with Crippen LogP contribution in [0.5, 0.6) is 0 Å². The van der Waals surface area contributed by atoms with Gasteiger partial charge in [-0.05, 0) is 57.2 Å². The summed E-state index contributed by atoms with van der Waals surface area (Å²) in [6, 6.07) is 7.88. The van der Waals surface area contributed by atoms with Crippen LogP contribution < -0.4 is 10.6 Å². The van der Waals surface area contributed by atoms with E-state index in [9.17, 15) is 9.59 Å². The molecule has 1 saturated carbocycles. The minimum absolute atomic E-state index is 0. The van der Waals surface area contributed by atoms with Crippen LogP contribution in [0, 0.1) is 11.8 Å². The molecule has 2 fully saturated rings. The van der Waals surface area contributed by atoms with Crippen LogP contribution in [0.3, 0.4) is 0 Å². The molecule has 1 atom stereocenters. The van der Waals surface area contributed by atoms with Crippen LogP contribution in [-0.4, -0.2) is 49.0 Å². The Kier molecular flexibility index (Phi) is 10.6. The van der Waals surface area contributed by atoms with Crippen LogP contribution in [-0.2, 0) is 20.9 Å². The first-order valence-electron chi connectivity index (χ1n) is 11.2. The average Bonchev–Trinajstić information content (AvgIpc) is 2.70. The maximum atomic E-state index is 12.2. The molecule has 0 radical (unpaired) electrons. The van der Waals surface area contributed by atoms with Crippen molar-refractivity contribution in [2.45, 2.75) is 52.5 Å². The average molecular weight is 542 g/mol. The Morgan fingerprint density at radius 2 is 1.94 bits per heavy atom. The zero-order valence-electron chi connectivity index (χ0n) is 18.6. The third-order valence-electron chi connectivity index (χ3n) is 5.76. The quantitative estimate of drug-likeness (QED) is 0.237. The molecule has 172 valence electrons. The standard InChI is InChI=1S/C23H34N4O3.HI/c1-3-24-23(27-13-7-11-19(16-27)22(29)30-4-2)25-15-17-8-5-12-20(14-17)26-21(28)18-9-6-10-18;/h5,8,12,14,18-19H,3-4,6-7,9-11,13,15-16H2,1-2H3,(H,24,25)(H,26,28);1H. The number of anilines is 1. The predicted octanol–water partition coefficient (Wildman–Crippen LogP) is 3.78. The van der Waals surface area contributed by atoms with Crippen LogP contribution in [0.2, 0.25) is 0 Å². The molecule has 1 saturated heterocycles. The SMILES string of the molecule is CCNC(=NCc1cccc(NC(=O)C2CCC2)c1)N1CCCC(C(=O)OCC)C1.I. The minimum atomic E-state index is -0.118. The summed E-state index contributed by atoms with van der Waals surface area (Å²) in [6.45, 7) is 7.07. The molecule has 1 amide bonds. The molecule has 31 heavy (non-hydrogen) atoms. The number of ether oxygens (including phenoxy) is 1. The monoisotopic (exact) mass is 542 g/mol. The summed E-state index contributed by atoms with van der Waals surface area (Å²) < 4.78 is 5.21. The van der Waals surface area contributed by atoms with Gasteiger partial charge in [0.1, 0.15) is 0 Å². The van der Waals surface area contributed by atoms with Gasteiger partial charge in [0.25, 0.3) is 0 Å². The zero-order chi connectivity index (χ0) is 21.3. The Morgan fingerprint density at radius 1 is 1.16 bits per heavy atom. The number of aliphatic imine (C=N–C) groups is 1. The number of guanidine groups is 1. The van der Waals surface area contributed by atoms with E-state index in [1.165, 1.54) is 0 Å². The molecule has 3 rings (SSSR count). The van der Waals surface area contributed by atoms with Gasteiger partial charge in [-0.1, -0.05) is 18.6 Å². The van der Waals surface area contributed by atoms with E-state index in [1.54, 1.807) is 0 Å². The van der Waals surface area contributed by atoms with E-state index in [2.05, 4.69) is 15.5 Å². The molecule has 1 aromatic rings. The Balaban J connectivity index is 0.00000341. The molecule has 8 heteroatoms. The lowest BCUT2D eigenvalue weighted by Crippen LogP contribution is -2.48. The second-order valence-electron chi connectivity index (χ2n) is 8.02. The number of halogens is 1. The lowest BCUT2D eigenvalue weighted by molar-refractivity contribution is -0.149. The van der Waals surface area contributed by atoms with Crippen molar-refractivity contribution in [3.8, 4) is 0 Å². The first-order valence-corrected chi connectivity index (χ1v) is 11.2. The number of likely N-dealkylation sites (tertiary alicyclic amines) is 1. The molecule has 1 aliphatic carbocycles. The van der Waals surface area contributed by atoms with Gasteiger partial charge in [0.15, 0.2) is 5.96 Å². The van der Waals surface area contributed by atoms with Gasteiger partial charge >= 0.3 is 5.97 Å². The van der Waals surface area contributed by atoms with Crippen molar-refractivity contribution in [1.29, 1.82) is 0 Å². The highest BCUT2D eigenvalue weighted by Crippen LogP contribution is 2.27. The van der Waals surface area contributed by atoms with Crippen LogP contribution in [0.1, 0.15) is 51.5 Å². The number of amides is 1. The van der Waals surface area contributed by atoms with Crippen molar-refractivity contribution >= 4 is 47.5 Å². The fraction of sp³-hybridized carbons (Fsp3) is 0.609. The Bertz CT molecular complexity index is 767. The number of benzene rings is 1. The molecule has 1 unspecified atom stereocenters. The molecule has 2 aliphatic rings. The van der Waals surface area contributed by atoms with E-state index in [4.69, 9.17) is 9.73 Å².